The van der Waals surface area contributed by atoms with Gasteiger partial charge in [-0.15, -0.1) is 0 Å². The molecule has 1 fully saturated rings. The number of benzene rings is 2. The lowest BCUT2D eigenvalue weighted by Crippen LogP contribution is -2.28. The lowest BCUT2D eigenvalue weighted by molar-refractivity contribution is -0.141. The van der Waals surface area contributed by atoms with E-state index >= 15 is 0 Å². The summed E-state index contributed by atoms with van der Waals surface area (Å²) < 4.78 is 12.0. The third-order valence-electron chi connectivity index (χ3n) is 5.31. The molecule has 0 aliphatic carbocycles. The molecule has 1 saturated heterocycles. The normalized spacial score (nSPS) is 14.0. The number of fused-ring (bicyclic) bond motifs is 1. The predicted molar refractivity (Wildman–Crippen MR) is 126 cm³/mol. The van der Waals surface area contributed by atoms with Gasteiger partial charge in [0.25, 0.3) is 5.91 Å². The Kier molecular flexibility index (Phi) is 6.87. The molecule has 0 bridgehead atoms. The maximum Gasteiger partial charge on any atom is 0.338 e. The summed E-state index contributed by atoms with van der Waals surface area (Å²) in [6.07, 6.45) is 0.259. The number of ether oxygens (including phenoxy) is 2. The summed E-state index contributed by atoms with van der Waals surface area (Å²) in [6, 6.07) is 10.9. The molecule has 0 spiro atoms. The fourth-order valence-electron chi connectivity index (χ4n) is 3.64. The van der Waals surface area contributed by atoms with E-state index in [1.165, 1.54) is 23.8 Å². The second kappa shape index (κ2) is 10.0. The highest BCUT2D eigenvalue weighted by Crippen LogP contribution is 2.24. The monoisotopic (exact) mass is 495 g/mol. The van der Waals surface area contributed by atoms with Crippen LogP contribution in [0.15, 0.2) is 47.5 Å². The number of carbonyl (C=O) groups is 5. The van der Waals surface area contributed by atoms with Crippen molar-refractivity contribution in [3.8, 4) is 0 Å². The molecular weight excluding hydrogens is 474 g/mol. The van der Waals surface area contributed by atoms with E-state index in [2.05, 4.69) is 4.99 Å². The van der Waals surface area contributed by atoms with E-state index < -0.39 is 17.8 Å². The maximum atomic E-state index is 13.0. The predicted octanol–water partition coefficient (Wildman–Crippen LogP) is 2.45. The number of thiazole rings is 1. The molecule has 180 valence electrons. The van der Waals surface area contributed by atoms with Crippen LogP contribution in [0.4, 0.5) is 5.69 Å². The minimum absolute atomic E-state index is 0.129. The SMILES string of the molecule is CCOC(=O)c1ccc2c(c1)sc(=NC(=O)c1cccc(N3C(=O)CCC3=O)c1)n2CC(=O)OC. The first kappa shape index (κ1) is 24.0. The molecule has 2 heterocycles. The second-order valence-corrected chi connectivity index (χ2v) is 8.55. The second-order valence-electron chi connectivity index (χ2n) is 7.54. The van der Waals surface area contributed by atoms with Crippen molar-refractivity contribution in [2.45, 2.75) is 26.3 Å². The van der Waals surface area contributed by atoms with E-state index in [4.69, 9.17) is 9.47 Å². The highest BCUT2D eigenvalue weighted by molar-refractivity contribution is 7.16. The molecule has 1 aliphatic rings. The van der Waals surface area contributed by atoms with Gasteiger partial charge in [-0.1, -0.05) is 17.4 Å². The third kappa shape index (κ3) is 4.90. The summed E-state index contributed by atoms with van der Waals surface area (Å²) in [5.41, 5.74) is 1.39. The third-order valence-corrected chi connectivity index (χ3v) is 6.35. The van der Waals surface area contributed by atoms with Crippen molar-refractivity contribution in [1.29, 1.82) is 0 Å². The molecule has 3 amide bonds. The smallest absolute Gasteiger partial charge is 0.338 e. The number of amides is 3. The van der Waals surface area contributed by atoms with Gasteiger partial charge in [-0.3, -0.25) is 24.1 Å². The van der Waals surface area contributed by atoms with Crippen LogP contribution in [0.2, 0.25) is 0 Å². The number of rotatable bonds is 6. The molecule has 1 aromatic heterocycles. The van der Waals surface area contributed by atoms with Gasteiger partial charge in [-0.25, -0.2) is 4.79 Å². The van der Waals surface area contributed by atoms with E-state index in [9.17, 15) is 24.0 Å². The van der Waals surface area contributed by atoms with Crippen molar-refractivity contribution >= 4 is 56.9 Å². The Balaban J connectivity index is 1.76. The summed E-state index contributed by atoms with van der Waals surface area (Å²) in [4.78, 5) is 66.8. The number of methoxy groups -OCH3 is 1. The van der Waals surface area contributed by atoms with Crippen molar-refractivity contribution in [2.24, 2.45) is 4.99 Å². The Morgan fingerprint density at radius 2 is 1.77 bits per heavy atom. The van der Waals surface area contributed by atoms with Crippen LogP contribution in [0.3, 0.4) is 0 Å². The van der Waals surface area contributed by atoms with Crippen molar-refractivity contribution in [3.05, 3.63) is 58.4 Å². The van der Waals surface area contributed by atoms with Crippen LogP contribution in [0.5, 0.6) is 0 Å². The van der Waals surface area contributed by atoms with Crippen molar-refractivity contribution in [3.63, 3.8) is 0 Å². The van der Waals surface area contributed by atoms with Crippen LogP contribution in [-0.4, -0.2) is 47.9 Å². The first-order chi connectivity index (χ1) is 16.8. The summed E-state index contributed by atoms with van der Waals surface area (Å²) in [5, 5.41) is 0. The minimum Gasteiger partial charge on any atom is -0.468 e. The van der Waals surface area contributed by atoms with E-state index in [1.807, 2.05) is 0 Å². The van der Waals surface area contributed by atoms with E-state index in [-0.39, 0.29) is 48.2 Å². The maximum absolute atomic E-state index is 13.0. The average molecular weight is 496 g/mol. The van der Waals surface area contributed by atoms with Gasteiger partial charge in [0.2, 0.25) is 11.8 Å². The minimum atomic E-state index is -0.623. The molecule has 0 atom stereocenters. The van der Waals surface area contributed by atoms with E-state index in [0.717, 1.165) is 16.2 Å². The Bertz CT molecular complexity index is 1420. The fraction of sp³-hybridized carbons (Fsp3) is 0.250. The fourth-order valence-corrected chi connectivity index (χ4v) is 4.71. The molecule has 35 heavy (non-hydrogen) atoms. The molecule has 0 unspecified atom stereocenters. The van der Waals surface area contributed by atoms with Gasteiger partial charge < -0.3 is 14.0 Å². The van der Waals surface area contributed by atoms with Crippen molar-refractivity contribution in [1.82, 2.24) is 4.57 Å². The van der Waals surface area contributed by atoms with Crippen molar-refractivity contribution < 1.29 is 33.4 Å². The number of anilines is 1. The summed E-state index contributed by atoms with van der Waals surface area (Å²) >= 11 is 1.12. The quantitative estimate of drug-likeness (QED) is 0.380. The summed E-state index contributed by atoms with van der Waals surface area (Å²) in [5.74, 6) is -2.30. The average Bonchev–Trinajstić information content (AvgIpc) is 3.37. The zero-order chi connectivity index (χ0) is 25.1. The highest BCUT2D eigenvalue weighted by Gasteiger charge is 2.30. The number of aromatic nitrogens is 1. The number of imide groups is 1. The lowest BCUT2D eigenvalue weighted by atomic mass is 10.2. The van der Waals surface area contributed by atoms with Gasteiger partial charge in [0, 0.05) is 18.4 Å². The number of carbonyl (C=O) groups excluding carboxylic acids is 5. The van der Waals surface area contributed by atoms with E-state index in [1.54, 1.807) is 37.3 Å². The molecule has 10 nitrogen and oxygen atoms in total. The highest BCUT2D eigenvalue weighted by atomic mass is 32.1. The summed E-state index contributed by atoms with van der Waals surface area (Å²) in [6.45, 7) is 1.74. The van der Waals surface area contributed by atoms with Crippen LogP contribution in [-0.2, 0) is 30.4 Å². The van der Waals surface area contributed by atoms with Gasteiger partial charge in [0.1, 0.15) is 6.54 Å². The molecular formula is C24H21N3O7S. The number of hydrogen-bond donors (Lipinski definition) is 0. The first-order valence-corrected chi connectivity index (χ1v) is 11.6. The molecule has 2 aromatic carbocycles. The Morgan fingerprint density at radius 1 is 1.03 bits per heavy atom. The van der Waals surface area contributed by atoms with Gasteiger partial charge in [-0.05, 0) is 43.3 Å². The van der Waals surface area contributed by atoms with Gasteiger partial charge >= 0.3 is 11.9 Å². The first-order valence-electron chi connectivity index (χ1n) is 10.7. The largest absolute Gasteiger partial charge is 0.468 e. The lowest BCUT2D eigenvalue weighted by Gasteiger charge is -2.14. The Morgan fingerprint density at radius 3 is 2.46 bits per heavy atom. The van der Waals surface area contributed by atoms with Crippen LogP contribution >= 0.6 is 11.3 Å². The van der Waals surface area contributed by atoms with Crippen LogP contribution in [0.1, 0.15) is 40.5 Å². The van der Waals surface area contributed by atoms with Gasteiger partial charge in [0.15, 0.2) is 4.80 Å². The number of esters is 2. The Labute approximate surface area is 203 Å². The molecule has 0 radical (unpaired) electrons. The van der Waals surface area contributed by atoms with Crippen LogP contribution in [0, 0.1) is 0 Å². The molecule has 1 aliphatic heterocycles. The summed E-state index contributed by atoms with van der Waals surface area (Å²) in [7, 11) is 1.25. The molecule has 0 N–H and O–H groups in total. The molecule has 3 aromatic rings. The standard InChI is InChI=1S/C24H21N3O7S/c1-3-34-23(32)15-7-8-17-18(12-15)35-24(26(17)13-21(30)33-2)25-22(31)14-5-4-6-16(11-14)27-19(28)9-10-20(27)29/h4-8,11-12H,3,9-10,13H2,1-2H3. The Hall–Kier alpha value is -4.12. The number of nitrogens with zero attached hydrogens (tertiary/aromatic N) is 3. The number of hydrogen-bond acceptors (Lipinski definition) is 8. The zero-order valence-corrected chi connectivity index (χ0v) is 19.8. The van der Waals surface area contributed by atoms with Crippen LogP contribution in [0.25, 0.3) is 10.2 Å². The molecule has 11 heteroatoms. The molecule has 4 rings (SSSR count). The van der Waals surface area contributed by atoms with Crippen LogP contribution < -0.4 is 9.70 Å². The van der Waals surface area contributed by atoms with Crippen molar-refractivity contribution in [2.75, 3.05) is 18.6 Å². The van der Waals surface area contributed by atoms with Gasteiger partial charge in [0.05, 0.1) is 35.2 Å². The van der Waals surface area contributed by atoms with Gasteiger partial charge in [-0.2, -0.15) is 4.99 Å². The van der Waals surface area contributed by atoms with E-state index in [0.29, 0.717) is 21.5 Å². The topological polar surface area (TPSA) is 124 Å². The zero-order valence-electron chi connectivity index (χ0n) is 19.0. The molecule has 0 saturated carbocycles.